The van der Waals surface area contributed by atoms with Gasteiger partial charge in [-0.3, -0.25) is 14.7 Å². The third kappa shape index (κ3) is 5.48. The van der Waals surface area contributed by atoms with Gasteiger partial charge in [0.1, 0.15) is 6.33 Å². The van der Waals surface area contributed by atoms with Gasteiger partial charge >= 0.3 is 0 Å². The van der Waals surface area contributed by atoms with E-state index in [2.05, 4.69) is 62.0 Å². The second-order valence-electron chi connectivity index (χ2n) is 10.8. The number of carbonyl (C=O) groups is 1. The van der Waals surface area contributed by atoms with Gasteiger partial charge in [0, 0.05) is 18.5 Å². The molecule has 3 heterocycles. The number of ether oxygens (including phenoxy) is 1. The molecule has 2 aromatic heterocycles. The van der Waals surface area contributed by atoms with Gasteiger partial charge in [-0.1, -0.05) is 109 Å². The summed E-state index contributed by atoms with van der Waals surface area (Å²) in [7, 11) is 0. The molecule has 1 amide bonds. The smallest absolute Gasteiger partial charge is 0.256 e. The molecule has 1 saturated heterocycles. The number of alkyl halides is 1. The Hall–Kier alpha value is -5.25. The first-order valence-corrected chi connectivity index (χ1v) is 14.7. The second kappa shape index (κ2) is 12.4. The van der Waals surface area contributed by atoms with Gasteiger partial charge in [0.05, 0.1) is 18.0 Å². The maximum Gasteiger partial charge on any atom is 0.256 e. The third-order valence-electron chi connectivity index (χ3n) is 8.07. The maximum atomic E-state index is 15.7. The number of hydrogen-bond donors (Lipinski definition) is 2. The van der Waals surface area contributed by atoms with Crippen molar-refractivity contribution in [2.75, 3.05) is 11.9 Å². The van der Waals surface area contributed by atoms with Crippen LogP contribution in [-0.4, -0.2) is 44.2 Å². The van der Waals surface area contributed by atoms with E-state index >= 15 is 4.39 Å². The van der Waals surface area contributed by atoms with Gasteiger partial charge in [-0.15, -0.1) is 0 Å². The van der Waals surface area contributed by atoms with Gasteiger partial charge < -0.3 is 10.1 Å². The zero-order valence-corrected chi connectivity index (χ0v) is 24.2. The molecule has 3 atom stereocenters. The van der Waals surface area contributed by atoms with Gasteiger partial charge in [0.25, 0.3) is 5.91 Å². The monoisotopic (exact) mass is 597 g/mol. The average molecular weight is 598 g/mol. The molecule has 0 saturated carbocycles. The van der Waals surface area contributed by atoms with E-state index < -0.39 is 24.0 Å². The normalized spacial score (nSPS) is 18.2. The van der Waals surface area contributed by atoms with E-state index in [4.69, 9.17) is 4.74 Å². The quantitative estimate of drug-likeness (QED) is 0.196. The first kappa shape index (κ1) is 28.5. The third-order valence-corrected chi connectivity index (χ3v) is 8.07. The van der Waals surface area contributed by atoms with Crippen LogP contribution in [0.2, 0.25) is 0 Å². The number of carbonyl (C=O) groups excluding carboxylic acids is 1. The lowest BCUT2D eigenvalue weighted by atomic mass is 9.77. The molecule has 7 rings (SSSR count). The Labute approximate surface area is 260 Å². The SMILES string of the molecule is O=C(Nc1ncnc2c1ncn2[C@H]1O[C@@H](CNC(c2ccccc2)(c2ccccc2)c2ccccc2)[CH][C@H]1F)c1ccccc1. The highest BCUT2D eigenvalue weighted by molar-refractivity contribution is 6.06. The first-order valence-electron chi connectivity index (χ1n) is 14.7. The molecule has 1 aliphatic rings. The molecule has 0 spiro atoms. The summed E-state index contributed by atoms with van der Waals surface area (Å²) >= 11 is 0. The zero-order chi connectivity index (χ0) is 30.6. The van der Waals surface area contributed by atoms with Crippen LogP contribution < -0.4 is 10.6 Å². The summed E-state index contributed by atoms with van der Waals surface area (Å²) in [5.74, 6) is -0.0922. The Balaban J connectivity index is 1.16. The average Bonchev–Trinajstić information content (AvgIpc) is 3.70. The molecule has 4 aromatic carbocycles. The van der Waals surface area contributed by atoms with Crippen molar-refractivity contribution in [1.82, 2.24) is 24.8 Å². The number of halogens is 1. The summed E-state index contributed by atoms with van der Waals surface area (Å²) in [6.45, 7) is 0.329. The minimum Gasteiger partial charge on any atom is -0.350 e. The number of nitrogens with zero attached hydrogens (tertiary/aromatic N) is 4. The van der Waals surface area contributed by atoms with Crippen LogP contribution in [0.4, 0.5) is 10.2 Å². The Bertz CT molecular complexity index is 1790. The van der Waals surface area contributed by atoms with Gasteiger partial charge in [0.2, 0.25) is 0 Å². The fraction of sp³-hybridized carbons (Fsp3) is 0.139. The van der Waals surface area contributed by atoms with Crippen LogP contribution in [-0.2, 0) is 10.3 Å². The predicted octanol–water partition coefficient (Wildman–Crippen LogP) is 6.10. The number of aromatic nitrogens is 4. The number of benzene rings is 4. The standard InChI is InChI=1S/C36H30FN6O2/c37-30-21-29(22-41-36(26-15-7-2-8-16-26,27-17-9-3-10-18-27)28-19-11-4-12-20-28)45-35(30)43-24-40-31-32(38-23-39-33(31)43)42-34(44)25-13-5-1-6-14-25/h1-21,23-24,29-30,35,41H,22H2,(H,38,39,42,44)/t29-,30-,35+/m1/s1. The summed E-state index contributed by atoms with van der Waals surface area (Å²) < 4.78 is 23.5. The molecule has 2 N–H and O–H groups in total. The van der Waals surface area contributed by atoms with Crippen molar-refractivity contribution in [3.63, 3.8) is 0 Å². The largest absolute Gasteiger partial charge is 0.350 e. The Kier molecular flexibility index (Phi) is 7.85. The number of anilines is 1. The molecule has 6 aromatic rings. The number of rotatable bonds is 9. The van der Waals surface area contributed by atoms with Gasteiger partial charge in [-0.05, 0) is 28.8 Å². The fourth-order valence-electron chi connectivity index (χ4n) is 5.96. The molecule has 1 fully saturated rings. The number of hydrogen-bond acceptors (Lipinski definition) is 6. The van der Waals surface area contributed by atoms with E-state index in [0.717, 1.165) is 16.7 Å². The molecule has 9 heteroatoms. The minimum absolute atomic E-state index is 0.238. The van der Waals surface area contributed by atoms with Crippen LogP contribution in [0.25, 0.3) is 11.2 Å². The summed E-state index contributed by atoms with van der Waals surface area (Å²) in [5, 5.41) is 6.56. The van der Waals surface area contributed by atoms with Crippen molar-refractivity contribution in [2.24, 2.45) is 0 Å². The Morgan fingerprint density at radius 2 is 1.33 bits per heavy atom. The fourth-order valence-corrected chi connectivity index (χ4v) is 5.96. The topological polar surface area (TPSA) is 94.0 Å². The van der Waals surface area contributed by atoms with E-state index in [1.165, 1.54) is 12.7 Å². The zero-order valence-electron chi connectivity index (χ0n) is 24.2. The van der Waals surface area contributed by atoms with Crippen LogP contribution in [0.3, 0.4) is 0 Å². The van der Waals surface area contributed by atoms with Crippen molar-refractivity contribution in [2.45, 2.75) is 24.0 Å². The Morgan fingerprint density at radius 3 is 1.91 bits per heavy atom. The summed E-state index contributed by atoms with van der Waals surface area (Å²) in [5.41, 5.74) is 3.62. The lowest BCUT2D eigenvalue weighted by Gasteiger charge is -2.38. The highest BCUT2D eigenvalue weighted by Gasteiger charge is 2.41. The van der Waals surface area contributed by atoms with E-state index in [-0.39, 0.29) is 11.7 Å². The van der Waals surface area contributed by atoms with E-state index in [1.54, 1.807) is 35.3 Å². The van der Waals surface area contributed by atoms with Crippen molar-refractivity contribution in [1.29, 1.82) is 0 Å². The van der Waals surface area contributed by atoms with Crippen molar-refractivity contribution >= 4 is 22.9 Å². The lowest BCUT2D eigenvalue weighted by molar-refractivity contribution is -0.0160. The van der Waals surface area contributed by atoms with Gasteiger partial charge in [0.15, 0.2) is 29.4 Å². The van der Waals surface area contributed by atoms with E-state index in [0.29, 0.717) is 23.3 Å². The lowest BCUT2D eigenvalue weighted by Crippen LogP contribution is -2.47. The molecule has 45 heavy (non-hydrogen) atoms. The number of nitrogens with one attached hydrogen (secondary N) is 2. The number of imidazole rings is 1. The van der Waals surface area contributed by atoms with E-state index in [1.807, 2.05) is 60.7 Å². The molecule has 0 bridgehead atoms. The summed E-state index contributed by atoms with van der Waals surface area (Å²) in [6.07, 6.45) is 1.38. The molecule has 1 aliphatic heterocycles. The highest BCUT2D eigenvalue weighted by Crippen LogP contribution is 2.38. The second-order valence-corrected chi connectivity index (χ2v) is 10.8. The molecule has 0 aliphatic carbocycles. The summed E-state index contributed by atoms with van der Waals surface area (Å²) in [4.78, 5) is 25.8. The summed E-state index contributed by atoms with van der Waals surface area (Å²) in [6, 6.07) is 39.5. The maximum absolute atomic E-state index is 15.7. The van der Waals surface area contributed by atoms with E-state index in [9.17, 15) is 4.79 Å². The number of amides is 1. The molecular formula is C36H30FN6O2. The molecule has 0 unspecified atom stereocenters. The van der Waals surface area contributed by atoms with Gasteiger partial charge in [-0.25, -0.2) is 19.3 Å². The number of fused-ring (bicyclic) bond motifs is 1. The molecule has 8 nitrogen and oxygen atoms in total. The van der Waals surface area contributed by atoms with Crippen molar-refractivity contribution < 1.29 is 13.9 Å². The highest BCUT2D eigenvalue weighted by atomic mass is 19.1. The van der Waals surface area contributed by atoms with Crippen molar-refractivity contribution in [3.8, 4) is 0 Å². The molecule has 1 radical (unpaired) electrons. The minimum atomic E-state index is -1.42. The van der Waals surface area contributed by atoms with Gasteiger partial charge in [-0.2, -0.15) is 0 Å². The molecule has 223 valence electrons. The Morgan fingerprint density at radius 1 is 0.778 bits per heavy atom. The molecular weight excluding hydrogens is 567 g/mol. The first-order chi connectivity index (χ1) is 22.1. The predicted molar refractivity (Wildman–Crippen MR) is 170 cm³/mol. The van der Waals surface area contributed by atoms with Crippen LogP contribution in [0.5, 0.6) is 0 Å². The van der Waals surface area contributed by atoms with Crippen LogP contribution in [0, 0.1) is 6.42 Å². The van der Waals surface area contributed by atoms with Crippen LogP contribution >= 0.6 is 0 Å². The van der Waals surface area contributed by atoms with Crippen LogP contribution in [0.15, 0.2) is 134 Å². The van der Waals surface area contributed by atoms with Crippen molar-refractivity contribution in [3.05, 3.63) is 163 Å². The van der Waals surface area contributed by atoms with Crippen LogP contribution in [0.1, 0.15) is 33.3 Å².